The van der Waals surface area contributed by atoms with Gasteiger partial charge in [-0.2, -0.15) is 0 Å². The normalized spacial score (nSPS) is 15.5. The summed E-state index contributed by atoms with van der Waals surface area (Å²) < 4.78 is 17.3. The zero-order valence-electron chi connectivity index (χ0n) is 12.4. The van der Waals surface area contributed by atoms with Gasteiger partial charge in [-0.05, 0) is 42.7 Å². The average Bonchev–Trinajstić information content (AvgIpc) is 2.95. The number of hydrogen-bond donors (Lipinski definition) is 0. The summed E-state index contributed by atoms with van der Waals surface area (Å²) in [6.07, 6.45) is 0.994. The van der Waals surface area contributed by atoms with Crippen molar-refractivity contribution < 1.29 is 14.2 Å². The van der Waals surface area contributed by atoms with Crippen molar-refractivity contribution in [3.63, 3.8) is 0 Å². The van der Waals surface area contributed by atoms with Crippen LogP contribution in [0.1, 0.15) is 16.7 Å². The van der Waals surface area contributed by atoms with Crippen LogP contribution in [0.15, 0.2) is 24.3 Å². The van der Waals surface area contributed by atoms with Crippen molar-refractivity contribution >= 4 is 0 Å². The van der Waals surface area contributed by atoms with E-state index in [0.717, 1.165) is 41.4 Å². The fraction of sp³-hybridized carbons (Fsp3) is 0.333. The van der Waals surface area contributed by atoms with Crippen molar-refractivity contribution in [1.82, 2.24) is 0 Å². The molecule has 108 valence electrons. The molecule has 0 N–H and O–H groups in total. The first kappa shape index (κ1) is 12.6. The molecule has 0 aliphatic carbocycles. The number of aryl methyl sites for hydroxylation is 1. The van der Waals surface area contributed by atoms with Crippen LogP contribution >= 0.6 is 0 Å². The third-order valence-electron chi connectivity index (χ3n) is 4.18. The Kier molecular flexibility index (Phi) is 2.81. The molecule has 2 aromatic carbocycles. The van der Waals surface area contributed by atoms with Crippen LogP contribution in [0.4, 0.5) is 0 Å². The molecular weight excluding hydrogens is 264 g/mol. The van der Waals surface area contributed by atoms with E-state index in [1.807, 2.05) is 6.07 Å². The molecule has 0 aromatic heterocycles. The molecule has 3 heteroatoms. The first-order valence-corrected chi connectivity index (χ1v) is 7.40. The van der Waals surface area contributed by atoms with Crippen molar-refractivity contribution in [2.24, 2.45) is 0 Å². The monoisotopic (exact) mass is 282 g/mol. The van der Waals surface area contributed by atoms with Gasteiger partial charge in [-0.25, -0.2) is 0 Å². The summed E-state index contributed by atoms with van der Waals surface area (Å²) in [5.74, 6) is 2.74. The van der Waals surface area contributed by atoms with Gasteiger partial charge in [0.15, 0.2) is 11.5 Å². The lowest BCUT2D eigenvalue weighted by Gasteiger charge is -2.22. The third kappa shape index (κ3) is 1.96. The van der Waals surface area contributed by atoms with E-state index in [2.05, 4.69) is 32.0 Å². The molecular formula is C18H18O3. The Hall–Kier alpha value is -2.16. The second-order valence-electron chi connectivity index (χ2n) is 5.66. The molecule has 0 fully saturated rings. The van der Waals surface area contributed by atoms with Gasteiger partial charge in [0.25, 0.3) is 0 Å². The Morgan fingerprint density at radius 2 is 1.62 bits per heavy atom. The molecule has 0 unspecified atom stereocenters. The molecule has 2 aromatic rings. The zero-order valence-corrected chi connectivity index (χ0v) is 12.4. The second kappa shape index (κ2) is 4.69. The number of benzene rings is 2. The Bertz CT molecular complexity index is 719. The molecule has 0 spiro atoms. The first-order chi connectivity index (χ1) is 10.2. The number of fused-ring (bicyclic) bond motifs is 2. The topological polar surface area (TPSA) is 27.7 Å². The zero-order chi connectivity index (χ0) is 14.4. The highest BCUT2D eigenvalue weighted by Crippen LogP contribution is 2.44. The lowest BCUT2D eigenvalue weighted by Crippen LogP contribution is -2.16. The maximum atomic E-state index is 5.87. The van der Waals surface area contributed by atoms with Gasteiger partial charge in [-0.3, -0.25) is 0 Å². The summed E-state index contributed by atoms with van der Waals surface area (Å²) in [4.78, 5) is 0. The Morgan fingerprint density at radius 3 is 2.52 bits per heavy atom. The highest BCUT2D eigenvalue weighted by molar-refractivity contribution is 5.79. The maximum Gasteiger partial charge on any atom is 0.164 e. The molecule has 0 saturated carbocycles. The molecule has 2 aliphatic heterocycles. The molecule has 0 amide bonds. The molecule has 3 nitrogen and oxygen atoms in total. The number of rotatable bonds is 1. The lowest BCUT2D eigenvalue weighted by molar-refractivity contribution is 0.170. The van der Waals surface area contributed by atoms with Gasteiger partial charge in [0, 0.05) is 17.5 Å². The quantitative estimate of drug-likeness (QED) is 0.798. The molecule has 21 heavy (non-hydrogen) atoms. The first-order valence-electron chi connectivity index (χ1n) is 7.40. The van der Waals surface area contributed by atoms with Gasteiger partial charge >= 0.3 is 0 Å². The van der Waals surface area contributed by atoms with E-state index in [1.54, 1.807) is 0 Å². The lowest BCUT2D eigenvalue weighted by atomic mass is 9.94. The summed E-state index contributed by atoms with van der Waals surface area (Å²) in [5.41, 5.74) is 6.02. The molecule has 0 radical (unpaired) electrons. The van der Waals surface area contributed by atoms with E-state index in [4.69, 9.17) is 14.2 Å². The predicted molar refractivity (Wildman–Crippen MR) is 81.5 cm³/mol. The predicted octanol–water partition coefficient (Wildman–Crippen LogP) is 3.68. The molecule has 0 atom stereocenters. The fourth-order valence-corrected chi connectivity index (χ4v) is 3.21. The summed E-state index contributed by atoms with van der Waals surface area (Å²) >= 11 is 0. The van der Waals surface area contributed by atoms with Crippen LogP contribution in [0.25, 0.3) is 11.1 Å². The Morgan fingerprint density at radius 1 is 0.810 bits per heavy atom. The van der Waals surface area contributed by atoms with Crippen molar-refractivity contribution in [2.45, 2.75) is 20.3 Å². The van der Waals surface area contributed by atoms with Crippen LogP contribution in [-0.4, -0.2) is 19.8 Å². The van der Waals surface area contributed by atoms with Gasteiger partial charge < -0.3 is 14.2 Å². The van der Waals surface area contributed by atoms with Crippen molar-refractivity contribution in [3.8, 4) is 28.4 Å². The van der Waals surface area contributed by atoms with E-state index in [-0.39, 0.29) is 0 Å². The molecule has 2 heterocycles. The highest BCUT2D eigenvalue weighted by atomic mass is 16.6. The van der Waals surface area contributed by atoms with Crippen LogP contribution in [0, 0.1) is 13.8 Å². The van der Waals surface area contributed by atoms with E-state index in [0.29, 0.717) is 13.2 Å². The second-order valence-corrected chi connectivity index (χ2v) is 5.66. The Labute approximate surface area is 124 Å². The standard InChI is InChI=1S/C18H18O3/c1-11-9-13-5-6-20-18(13)15(10-11)14-3-4-16-17(12(14)2)21-8-7-19-16/h3-4,9-10H,5-8H2,1-2H3. The van der Waals surface area contributed by atoms with Crippen LogP contribution in [0.5, 0.6) is 17.2 Å². The molecule has 0 saturated heterocycles. The number of ether oxygens (including phenoxy) is 3. The largest absolute Gasteiger partial charge is 0.492 e. The van der Waals surface area contributed by atoms with Crippen molar-refractivity contribution in [1.29, 1.82) is 0 Å². The van der Waals surface area contributed by atoms with Crippen LogP contribution in [0.2, 0.25) is 0 Å². The number of hydrogen-bond acceptors (Lipinski definition) is 3. The van der Waals surface area contributed by atoms with Gasteiger partial charge in [-0.1, -0.05) is 12.1 Å². The third-order valence-corrected chi connectivity index (χ3v) is 4.18. The van der Waals surface area contributed by atoms with Gasteiger partial charge in [0.2, 0.25) is 0 Å². The molecule has 0 bridgehead atoms. The fourth-order valence-electron chi connectivity index (χ4n) is 3.21. The van der Waals surface area contributed by atoms with Crippen LogP contribution < -0.4 is 14.2 Å². The Balaban J connectivity index is 1.92. The minimum Gasteiger partial charge on any atom is -0.492 e. The van der Waals surface area contributed by atoms with Crippen LogP contribution in [-0.2, 0) is 6.42 Å². The van der Waals surface area contributed by atoms with E-state index in [1.165, 1.54) is 16.7 Å². The van der Waals surface area contributed by atoms with Gasteiger partial charge in [0.1, 0.15) is 19.0 Å². The van der Waals surface area contributed by atoms with Crippen molar-refractivity contribution in [2.75, 3.05) is 19.8 Å². The van der Waals surface area contributed by atoms with E-state index in [9.17, 15) is 0 Å². The van der Waals surface area contributed by atoms with Crippen LogP contribution in [0.3, 0.4) is 0 Å². The summed E-state index contributed by atoms with van der Waals surface area (Å²) in [6, 6.07) is 8.53. The minimum atomic E-state index is 0.611. The van der Waals surface area contributed by atoms with E-state index >= 15 is 0 Å². The van der Waals surface area contributed by atoms with E-state index < -0.39 is 0 Å². The maximum absolute atomic E-state index is 5.87. The summed E-state index contributed by atoms with van der Waals surface area (Å²) in [6.45, 7) is 6.23. The smallest absolute Gasteiger partial charge is 0.164 e. The summed E-state index contributed by atoms with van der Waals surface area (Å²) in [5, 5.41) is 0. The minimum absolute atomic E-state index is 0.611. The average molecular weight is 282 g/mol. The van der Waals surface area contributed by atoms with Crippen molar-refractivity contribution in [3.05, 3.63) is 41.0 Å². The summed E-state index contributed by atoms with van der Waals surface area (Å²) in [7, 11) is 0. The van der Waals surface area contributed by atoms with Gasteiger partial charge in [0.05, 0.1) is 6.61 Å². The molecule has 2 aliphatic rings. The SMILES string of the molecule is Cc1cc2c(c(-c3ccc4c(c3C)OCCO4)c1)OCC2. The highest BCUT2D eigenvalue weighted by Gasteiger charge is 2.22. The van der Waals surface area contributed by atoms with Gasteiger partial charge in [-0.15, -0.1) is 0 Å². The molecule has 4 rings (SSSR count).